The molecule has 0 spiro atoms. The van der Waals surface area contributed by atoms with Crippen LogP contribution >= 0.6 is 24.0 Å². The highest BCUT2D eigenvalue weighted by molar-refractivity contribution is 14.0. The van der Waals surface area contributed by atoms with Gasteiger partial charge in [0, 0.05) is 24.6 Å². The monoisotopic (exact) mass is 548 g/mol. The molecule has 0 saturated heterocycles. The van der Waals surface area contributed by atoms with Crippen LogP contribution in [0.2, 0.25) is 0 Å². The van der Waals surface area contributed by atoms with Crippen LogP contribution in [0.1, 0.15) is 12.5 Å². The molecule has 0 unspecified atom stereocenters. The number of anilines is 1. The quantitative estimate of drug-likeness (QED) is 0.157. The Morgan fingerprint density at radius 2 is 1.94 bits per heavy atom. The lowest BCUT2D eigenvalue weighted by Gasteiger charge is -2.12. The van der Waals surface area contributed by atoms with Gasteiger partial charge in [-0.05, 0) is 42.8 Å². The SMILES string of the molecule is CCNC(=NCc1cccc(NC(=O)Cn2cccn2)c1)NCCOc1ccccc1.I. The summed E-state index contributed by atoms with van der Waals surface area (Å²) < 4.78 is 7.28. The minimum absolute atomic E-state index is 0. The molecule has 9 heteroatoms. The largest absolute Gasteiger partial charge is 0.492 e. The third kappa shape index (κ3) is 8.96. The number of hydrogen-bond acceptors (Lipinski definition) is 4. The number of nitrogens with zero attached hydrogens (tertiary/aromatic N) is 3. The van der Waals surface area contributed by atoms with Crippen LogP contribution in [0, 0.1) is 0 Å². The van der Waals surface area contributed by atoms with Crippen LogP contribution in [0.25, 0.3) is 0 Å². The van der Waals surface area contributed by atoms with E-state index in [-0.39, 0.29) is 36.4 Å². The number of rotatable bonds is 10. The van der Waals surface area contributed by atoms with E-state index in [4.69, 9.17) is 4.74 Å². The van der Waals surface area contributed by atoms with Crippen molar-refractivity contribution in [2.24, 2.45) is 4.99 Å². The summed E-state index contributed by atoms with van der Waals surface area (Å²) in [6.45, 7) is 4.60. The van der Waals surface area contributed by atoms with Crippen LogP contribution in [-0.4, -0.2) is 41.3 Å². The maximum Gasteiger partial charge on any atom is 0.246 e. The average molecular weight is 548 g/mol. The van der Waals surface area contributed by atoms with Gasteiger partial charge in [-0.2, -0.15) is 5.10 Å². The second kappa shape index (κ2) is 14.1. The predicted octanol–water partition coefficient (Wildman–Crippen LogP) is 3.27. The molecule has 3 aromatic rings. The third-order valence-electron chi connectivity index (χ3n) is 4.25. The highest BCUT2D eigenvalue weighted by Crippen LogP contribution is 2.12. The fourth-order valence-electron chi connectivity index (χ4n) is 2.86. The minimum Gasteiger partial charge on any atom is -0.492 e. The van der Waals surface area contributed by atoms with Crippen molar-refractivity contribution >= 4 is 41.5 Å². The molecule has 0 aliphatic heterocycles. The van der Waals surface area contributed by atoms with Crippen molar-refractivity contribution < 1.29 is 9.53 Å². The summed E-state index contributed by atoms with van der Waals surface area (Å²) in [5, 5.41) is 13.4. The van der Waals surface area contributed by atoms with Crippen LogP contribution < -0.4 is 20.7 Å². The molecule has 0 bridgehead atoms. The number of aliphatic imine (C=N–C) groups is 1. The molecule has 0 aliphatic carbocycles. The first kappa shape index (κ1) is 25.2. The van der Waals surface area contributed by atoms with E-state index in [0.717, 1.165) is 23.5 Å². The Kier molecular flexibility index (Phi) is 11.1. The zero-order valence-electron chi connectivity index (χ0n) is 18.0. The van der Waals surface area contributed by atoms with Crippen LogP contribution in [0.4, 0.5) is 5.69 Å². The second-order valence-corrected chi connectivity index (χ2v) is 6.74. The maximum absolute atomic E-state index is 12.2. The number of aromatic nitrogens is 2. The summed E-state index contributed by atoms with van der Waals surface area (Å²) in [6.07, 6.45) is 3.40. The van der Waals surface area contributed by atoms with Crippen molar-refractivity contribution in [2.45, 2.75) is 20.0 Å². The fraction of sp³-hybridized carbons (Fsp3) is 0.261. The molecule has 0 aliphatic rings. The second-order valence-electron chi connectivity index (χ2n) is 6.74. The Labute approximate surface area is 205 Å². The van der Waals surface area contributed by atoms with E-state index >= 15 is 0 Å². The molecular weight excluding hydrogens is 519 g/mol. The molecule has 170 valence electrons. The molecule has 0 radical (unpaired) electrons. The number of amides is 1. The lowest BCUT2D eigenvalue weighted by Crippen LogP contribution is -2.39. The van der Waals surface area contributed by atoms with Crippen LogP contribution in [0.15, 0.2) is 78.0 Å². The molecule has 3 rings (SSSR count). The summed E-state index contributed by atoms with van der Waals surface area (Å²) in [5.74, 6) is 1.43. The molecule has 0 fully saturated rings. The van der Waals surface area contributed by atoms with Gasteiger partial charge in [0.05, 0.1) is 13.1 Å². The molecule has 0 saturated carbocycles. The topological polar surface area (TPSA) is 92.6 Å². The van der Waals surface area contributed by atoms with Crippen LogP contribution in [0.3, 0.4) is 0 Å². The molecule has 8 nitrogen and oxygen atoms in total. The Balaban J connectivity index is 0.00000363. The minimum atomic E-state index is -0.127. The standard InChI is InChI=1S/C23H28N6O2.HI/c1-2-24-23(25-13-15-31-21-10-4-3-5-11-21)26-17-19-8-6-9-20(16-19)28-22(30)18-29-14-7-12-27-29;/h3-12,14,16H,2,13,15,17-18H2,1H3,(H,28,30)(H2,24,25,26);1H. The maximum atomic E-state index is 12.2. The van der Waals surface area contributed by atoms with Crippen molar-refractivity contribution in [1.29, 1.82) is 0 Å². The predicted molar refractivity (Wildman–Crippen MR) is 137 cm³/mol. The van der Waals surface area contributed by atoms with Crippen molar-refractivity contribution in [3.8, 4) is 5.75 Å². The van der Waals surface area contributed by atoms with E-state index in [9.17, 15) is 4.79 Å². The van der Waals surface area contributed by atoms with Gasteiger partial charge >= 0.3 is 0 Å². The zero-order valence-corrected chi connectivity index (χ0v) is 20.4. The van der Waals surface area contributed by atoms with Gasteiger partial charge in [-0.3, -0.25) is 9.48 Å². The number of benzene rings is 2. The van der Waals surface area contributed by atoms with Gasteiger partial charge in [0.1, 0.15) is 18.9 Å². The lowest BCUT2D eigenvalue weighted by molar-refractivity contribution is -0.116. The molecular formula is C23H29IN6O2. The highest BCUT2D eigenvalue weighted by atomic mass is 127. The van der Waals surface area contributed by atoms with Gasteiger partial charge < -0.3 is 20.7 Å². The summed E-state index contributed by atoms with van der Waals surface area (Å²) in [4.78, 5) is 16.8. The van der Waals surface area contributed by atoms with E-state index in [2.05, 4.69) is 26.0 Å². The summed E-state index contributed by atoms with van der Waals surface area (Å²) in [7, 11) is 0. The zero-order chi connectivity index (χ0) is 21.7. The van der Waals surface area contributed by atoms with Crippen molar-refractivity contribution in [3.63, 3.8) is 0 Å². The number of para-hydroxylation sites is 1. The molecule has 3 N–H and O–H groups in total. The van der Waals surface area contributed by atoms with Crippen molar-refractivity contribution in [2.75, 3.05) is 25.0 Å². The Hall–Kier alpha value is -3.08. The van der Waals surface area contributed by atoms with Gasteiger partial charge in [0.25, 0.3) is 0 Å². The summed E-state index contributed by atoms with van der Waals surface area (Å²) in [6, 6.07) is 19.2. The molecule has 1 amide bonds. The van der Waals surface area contributed by atoms with Crippen molar-refractivity contribution in [1.82, 2.24) is 20.4 Å². The van der Waals surface area contributed by atoms with E-state index in [0.29, 0.717) is 25.7 Å². The number of nitrogens with one attached hydrogen (secondary N) is 3. The number of carbonyl (C=O) groups excluding carboxylic acids is 1. The van der Waals surface area contributed by atoms with Crippen LogP contribution in [-0.2, 0) is 17.9 Å². The van der Waals surface area contributed by atoms with E-state index in [1.807, 2.05) is 61.5 Å². The number of halogens is 1. The number of carbonyl (C=O) groups is 1. The number of guanidine groups is 1. The summed E-state index contributed by atoms with van der Waals surface area (Å²) >= 11 is 0. The lowest BCUT2D eigenvalue weighted by atomic mass is 10.2. The smallest absolute Gasteiger partial charge is 0.246 e. The molecule has 32 heavy (non-hydrogen) atoms. The van der Waals surface area contributed by atoms with Gasteiger partial charge in [-0.1, -0.05) is 30.3 Å². The number of hydrogen-bond donors (Lipinski definition) is 3. The Morgan fingerprint density at radius 3 is 2.69 bits per heavy atom. The van der Waals surface area contributed by atoms with Gasteiger partial charge in [-0.15, -0.1) is 24.0 Å². The highest BCUT2D eigenvalue weighted by Gasteiger charge is 2.05. The Morgan fingerprint density at radius 1 is 1.09 bits per heavy atom. The molecule has 2 aromatic carbocycles. The van der Waals surface area contributed by atoms with Gasteiger partial charge in [0.2, 0.25) is 5.91 Å². The number of ether oxygens (including phenoxy) is 1. The van der Waals surface area contributed by atoms with E-state index < -0.39 is 0 Å². The van der Waals surface area contributed by atoms with E-state index in [1.54, 1.807) is 23.1 Å². The van der Waals surface area contributed by atoms with Crippen LogP contribution in [0.5, 0.6) is 5.75 Å². The molecule has 1 aromatic heterocycles. The summed E-state index contributed by atoms with van der Waals surface area (Å²) in [5.41, 5.74) is 1.73. The first-order valence-electron chi connectivity index (χ1n) is 10.3. The van der Waals surface area contributed by atoms with Crippen molar-refractivity contribution in [3.05, 3.63) is 78.6 Å². The van der Waals surface area contributed by atoms with E-state index in [1.165, 1.54) is 0 Å². The molecule has 0 atom stereocenters. The average Bonchev–Trinajstić information content (AvgIpc) is 3.29. The first-order valence-corrected chi connectivity index (χ1v) is 10.3. The third-order valence-corrected chi connectivity index (χ3v) is 4.25. The van der Waals surface area contributed by atoms with Gasteiger partial charge in [-0.25, -0.2) is 4.99 Å². The normalized spacial score (nSPS) is 10.7. The first-order chi connectivity index (χ1) is 15.2. The fourth-order valence-corrected chi connectivity index (χ4v) is 2.86. The van der Waals surface area contributed by atoms with Gasteiger partial charge in [0.15, 0.2) is 5.96 Å². The Bertz CT molecular complexity index is 964. The molecule has 1 heterocycles.